The highest BCUT2D eigenvalue weighted by atomic mass is 16.5. The predicted octanol–water partition coefficient (Wildman–Crippen LogP) is 0.545. The average Bonchev–Trinajstić information content (AvgIpc) is 2.88. The summed E-state index contributed by atoms with van der Waals surface area (Å²) in [4.78, 5) is 11.7. The van der Waals surface area contributed by atoms with Crippen molar-refractivity contribution in [2.24, 2.45) is 7.05 Å². The molecule has 0 aliphatic heterocycles. The van der Waals surface area contributed by atoms with Crippen LogP contribution >= 0.6 is 0 Å². The SMILES string of the molecule is CCOC(=O)c1nnc(C)n1Cc1cnn(C)c1. The second-order valence-corrected chi connectivity index (χ2v) is 3.90. The van der Waals surface area contributed by atoms with E-state index in [1.807, 2.05) is 13.2 Å². The summed E-state index contributed by atoms with van der Waals surface area (Å²) < 4.78 is 8.37. The molecule has 2 heterocycles. The van der Waals surface area contributed by atoms with Gasteiger partial charge in [-0.3, -0.25) is 4.68 Å². The van der Waals surface area contributed by atoms with Gasteiger partial charge in [-0.25, -0.2) is 4.79 Å². The molecule has 0 unspecified atom stereocenters. The molecule has 0 fully saturated rings. The predicted molar refractivity (Wildman–Crippen MR) is 63.0 cm³/mol. The third-order valence-electron chi connectivity index (χ3n) is 2.49. The second kappa shape index (κ2) is 4.99. The minimum atomic E-state index is -0.456. The van der Waals surface area contributed by atoms with Crippen molar-refractivity contribution in [2.75, 3.05) is 6.61 Å². The van der Waals surface area contributed by atoms with Crippen LogP contribution in [-0.4, -0.2) is 37.1 Å². The fourth-order valence-corrected chi connectivity index (χ4v) is 1.65. The van der Waals surface area contributed by atoms with Gasteiger partial charge in [-0.1, -0.05) is 0 Å². The van der Waals surface area contributed by atoms with Crippen LogP contribution in [0.25, 0.3) is 0 Å². The number of esters is 1. The van der Waals surface area contributed by atoms with Crippen LogP contribution in [-0.2, 0) is 18.3 Å². The quantitative estimate of drug-likeness (QED) is 0.739. The zero-order valence-corrected chi connectivity index (χ0v) is 10.6. The Balaban J connectivity index is 2.26. The molecule has 7 nitrogen and oxygen atoms in total. The fraction of sp³-hybridized carbons (Fsp3) is 0.455. The van der Waals surface area contributed by atoms with Crippen LogP contribution in [0.1, 0.15) is 28.9 Å². The lowest BCUT2D eigenvalue weighted by Gasteiger charge is -2.06. The Morgan fingerprint density at radius 2 is 2.22 bits per heavy atom. The molecule has 0 aliphatic rings. The maximum atomic E-state index is 11.7. The maximum Gasteiger partial charge on any atom is 0.376 e. The molecule has 0 atom stereocenters. The van der Waals surface area contributed by atoms with Gasteiger partial charge in [0.2, 0.25) is 5.82 Å². The molecule has 18 heavy (non-hydrogen) atoms. The van der Waals surface area contributed by atoms with Gasteiger partial charge in [0.25, 0.3) is 0 Å². The highest BCUT2D eigenvalue weighted by Gasteiger charge is 2.18. The molecule has 0 radical (unpaired) electrons. The third kappa shape index (κ3) is 2.39. The summed E-state index contributed by atoms with van der Waals surface area (Å²) in [5, 5.41) is 11.8. The first-order valence-electron chi connectivity index (χ1n) is 5.66. The Morgan fingerprint density at radius 1 is 1.44 bits per heavy atom. The van der Waals surface area contributed by atoms with E-state index in [0.717, 1.165) is 5.56 Å². The normalized spacial score (nSPS) is 10.6. The van der Waals surface area contributed by atoms with E-state index in [1.165, 1.54) is 0 Å². The van der Waals surface area contributed by atoms with E-state index in [2.05, 4.69) is 15.3 Å². The first-order chi connectivity index (χ1) is 8.61. The topological polar surface area (TPSA) is 74.8 Å². The molecule has 0 saturated carbocycles. The van der Waals surface area contributed by atoms with Crippen LogP contribution in [0.4, 0.5) is 0 Å². The van der Waals surface area contributed by atoms with Gasteiger partial charge in [0.05, 0.1) is 19.3 Å². The van der Waals surface area contributed by atoms with Crippen LogP contribution in [0.15, 0.2) is 12.4 Å². The van der Waals surface area contributed by atoms with Gasteiger partial charge in [0.15, 0.2) is 0 Å². The van der Waals surface area contributed by atoms with Crippen molar-refractivity contribution in [3.63, 3.8) is 0 Å². The zero-order valence-electron chi connectivity index (χ0n) is 10.6. The lowest BCUT2D eigenvalue weighted by molar-refractivity contribution is 0.0506. The summed E-state index contributed by atoms with van der Waals surface area (Å²) in [5.74, 6) is 0.432. The van der Waals surface area contributed by atoms with Crippen LogP contribution in [0, 0.1) is 6.92 Å². The lowest BCUT2D eigenvalue weighted by Crippen LogP contribution is -2.15. The molecular formula is C11H15N5O2. The van der Waals surface area contributed by atoms with Crippen molar-refractivity contribution in [1.29, 1.82) is 0 Å². The summed E-state index contributed by atoms with van der Waals surface area (Å²) in [6.07, 6.45) is 3.63. The van der Waals surface area contributed by atoms with E-state index in [0.29, 0.717) is 19.0 Å². The summed E-state index contributed by atoms with van der Waals surface area (Å²) in [6, 6.07) is 0. The van der Waals surface area contributed by atoms with Crippen LogP contribution in [0.5, 0.6) is 0 Å². The summed E-state index contributed by atoms with van der Waals surface area (Å²) in [6.45, 7) is 4.37. The molecule has 0 aromatic carbocycles. The number of hydrogen-bond donors (Lipinski definition) is 0. The average molecular weight is 249 g/mol. The molecule has 96 valence electrons. The Bertz CT molecular complexity index is 558. The number of carbonyl (C=O) groups excluding carboxylic acids is 1. The van der Waals surface area contributed by atoms with Gasteiger partial charge in [0.1, 0.15) is 5.82 Å². The molecule has 0 spiro atoms. The summed E-state index contributed by atoms with van der Waals surface area (Å²) in [7, 11) is 1.84. The second-order valence-electron chi connectivity index (χ2n) is 3.90. The monoisotopic (exact) mass is 249 g/mol. The van der Waals surface area contributed by atoms with Crippen molar-refractivity contribution in [3.05, 3.63) is 29.6 Å². The zero-order chi connectivity index (χ0) is 13.1. The fourth-order valence-electron chi connectivity index (χ4n) is 1.65. The van der Waals surface area contributed by atoms with Gasteiger partial charge in [-0.15, -0.1) is 10.2 Å². The maximum absolute atomic E-state index is 11.7. The van der Waals surface area contributed by atoms with E-state index < -0.39 is 5.97 Å². The van der Waals surface area contributed by atoms with Gasteiger partial charge >= 0.3 is 5.97 Å². The molecule has 0 aliphatic carbocycles. The van der Waals surface area contributed by atoms with Gasteiger partial charge in [0, 0.05) is 18.8 Å². The molecule has 0 N–H and O–H groups in total. The van der Waals surface area contributed by atoms with Crippen molar-refractivity contribution >= 4 is 5.97 Å². The molecule has 7 heteroatoms. The van der Waals surface area contributed by atoms with Crippen molar-refractivity contribution in [2.45, 2.75) is 20.4 Å². The number of ether oxygens (including phenoxy) is 1. The summed E-state index contributed by atoms with van der Waals surface area (Å²) >= 11 is 0. The molecular weight excluding hydrogens is 234 g/mol. The van der Waals surface area contributed by atoms with Gasteiger partial charge in [-0.2, -0.15) is 5.10 Å². The molecule has 2 aromatic heterocycles. The first kappa shape index (κ1) is 12.3. The minimum absolute atomic E-state index is 0.221. The lowest BCUT2D eigenvalue weighted by atomic mass is 10.3. The highest BCUT2D eigenvalue weighted by Crippen LogP contribution is 2.08. The van der Waals surface area contributed by atoms with Crippen LogP contribution in [0.2, 0.25) is 0 Å². The minimum Gasteiger partial charge on any atom is -0.460 e. The summed E-state index contributed by atoms with van der Waals surface area (Å²) in [5.41, 5.74) is 0.978. The number of carbonyl (C=O) groups is 1. The Hall–Kier alpha value is -2.18. The first-order valence-corrected chi connectivity index (χ1v) is 5.66. The smallest absolute Gasteiger partial charge is 0.376 e. The van der Waals surface area contributed by atoms with Crippen molar-refractivity contribution < 1.29 is 9.53 Å². The van der Waals surface area contributed by atoms with Crippen molar-refractivity contribution in [3.8, 4) is 0 Å². The van der Waals surface area contributed by atoms with Crippen LogP contribution in [0.3, 0.4) is 0 Å². The Kier molecular flexibility index (Phi) is 3.40. The third-order valence-corrected chi connectivity index (χ3v) is 2.49. The molecule has 0 saturated heterocycles. The van der Waals surface area contributed by atoms with E-state index in [1.54, 1.807) is 29.3 Å². The van der Waals surface area contributed by atoms with Crippen LogP contribution < -0.4 is 0 Å². The van der Waals surface area contributed by atoms with E-state index in [4.69, 9.17) is 4.74 Å². The number of aryl methyl sites for hydroxylation is 2. The number of aromatic nitrogens is 5. The molecule has 2 aromatic rings. The standard InChI is InChI=1S/C11H15N5O2/c1-4-18-11(17)10-14-13-8(2)16(10)7-9-5-12-15(3)6-9/h5-6H,4,7H2,1-3H3. The Labute approximate surface area is 104 Å². The largest absolute Gasteiger partial charge is 0.460 e. The van der Waals surface area contributed by atoms with Gasteiger partial charge < -0.3 is 9.30 Å². The Morgan fingerprint density at radius 3 is 2.83 bits per heavy atom. The van der Waals surface area contributed by atoms with Crippen molar-refractivity contribution in [1.82, 2.24) is 24.5 Å². The number of nitrogens with zero attached hydrogens (tertiary/aromatic N) is 5. The van der Waals surface area contributed by atoms with E-state index in [9.17, 15) is 4.79 Å². The molecule has 0 amide bonds. The van der Waals surface area contributed by atoms with E-state index in [-0.39, 0.29) is 5.82 Å². The van der Waals surface area contributed by atoms with Gasteiger partial charge in [-0.05, 0) is 13.8 Å². The molecule has 2 rings (SSSR count). The number of hydrogen-bond acceptors (Lipinski definition) is 5. The molecule has 0 bridgehead atoms. The van der Waals surface area contributed by atoms with E-state index >= 15 is 0 Å². The highest BCUT2D eigenvalue weighted by molar-refractivity contribution is 5.85. The number of rotatable bonds is 4.